The SMILES string of the molecule is CC(CC(=O)N1CCOCC1CO)c1ccc(Br)cc1. The van der Waals surface area contributed by atoms with Crippen molar-refractivity contribution >= 4 is 21.8 Å². The smallest absolute Gasteiger partial charge is 0.223 e. The van der Waals surface area contributed by atoms with Crippen molar-refractivity contribution in [2.24, 2.45) is 0 Å². The van der Waals surface area contributed by atoms with Gasteiger partial charge in [-0.05, 0) is 23.6 Å². The zero-order chi connectivity index (χ0) is 14.5. The van der Waals surface area contributed by atoms with E-state index in [1.807, 2.05) is 24.3 Å². The molecule has 0 saturated carbocycles. The van der Waals surface area contributed by atoms with Crippen molar-refractivity contribution in [1.82, 2.24) is 4.90 Å². The van der Waals surface area contributed by atoms with Crippen LogP contribution in [0.25, 0.3) is 0 Å². The van der Waals surface area contributed by atoms with Crippen molar-refractivity contribution in [2.75, 3.05) is 26.4 Å². The lowest BCUT2D eigenvalue weighted by molar-refractivity contribution is -0.141. The maximum atomic E-state index is 12.4. The Morgan fingerprint density at radius 1 is 1.50 bits per heavy atom. The third kappa shape index (κ3) is 3.81. The molecule has 0 bridgehead atoms. The van der Waals surface area contributed by atoms with Gasteiger partial charge in [-0.1, -0.05) is 35.0 Å². The Morgan fingerprint density at radius 2 is 2.20 bits per heavy atom. The molecule has 0 aromatic heterocycles. The second-order valence-electron chi connectivity index (χ2n) is 5.16. The Bertz CT molecular complexity index is 449. The molecule has 1 aliphatic rings. The Balaban J connectivity index is 1.97. The van der Waals surface area contributed by atoms with Crippen LogP contribution in [0.5, 0.6) is 0 Å². The highest BCUT2D eigenvalue weighted by molar-refractivity contribution is 9.10. The summed E-state index contributed by atoms with van der Waals surface area (Å²) in [6.45, 7) is 3.55. The molecule has 0 spiro atoms. The summed E-state index contributed by atoms with van der Waals surface area (Å²) < 4.78 is 6.33. The molecule has 1 heterocycles. The topological polar surface area (TPSA) is 49.8 Å². The van der Waals surface area contributed by atoms with Crippen LogP contribution in [0.1, 0.15) is 24.8 Å². The van der Waals surface area contributed by atoms with E-state index in [-0.39, 0.29) is 24.5 Å². The summed E-state index contributed by atoms with van der Waals surface area (Å²) in [5.74, 6) is 0.251. The van der Waals surface area contributed by atoms with Crippen molar-refractivity contribution < 1.29 is 14.6 Å². The van der Waals surface area contributed by atoms with Gasteiger partial charge in [0.25, 0.3) is 0 Å². The van der Waals surface area contributed by atoms with Crippen LogP contribution >= 0.6 is 15.9 Å². The summed E-state index contributed by atoms with van der Waals surface area (Å²) in [5, 5.41) is 9.31. The number of carbonyl (C=O) groups excluding carboxylic acids is 1. The Labute approximate surface area is 127 Å². The first kappa shape index (κ1) is 15.5. The van der Waals surface area contributed by atoms with Crippen LogP contribution in [-0.2, 0) is 9.53 Å². The van der Waals surface area contributed by atoms with E-state index in [2.05, 4.69) is 22.9 Å². The van der Waals surface area contributed by atoms with E-state index in [1.165, 1.54) is 0 Å². The number of hydrogen-bond donors (Lipinski definition) is 1. The van der Waals surface area contributed by atoms with Gasteiger partial charge in [0.2, 0.25) is 5.91 Å². The molecule has 1 aromatic carbocycles. The summed E-state index contributed by atoms with van der Waals surface area (Å²) in [5.41, 5.74) is 1.15. The largest absolute Gasteiger partial charge is 0.394 e. The van der Waals surface area contributed by atoms with Crippen LogP contribution in [0.3, 0.4) is 0 Å². The highest BCUT2D eigenvalue weighted by atomic mass is 79.9. The molecule has 2 atom stereocenters. The average Bonchev–Trinajstić information content (AvgIpc) is 2.47. The van der Waals surface area contributed by atoms with E-state index in [1.54, 1.807) is 4.90 Å². The number of amides is 1. The van der Waals surface area contributed by atoms with Crippen LogP contribution < -0.4 is 0 Å². The van der Waals surface area contributed by atoms with Crippen LogP contribution in [0, 0.1) is 0 Å². The van der Waals surface area contributed by atoms with Crippen LogP contribution in [0.4, 0.5) is 0 Å². The molecule has 2 rings (SSSR count). The maximum Gasteiger partial charge on any atom is 0.223 e. The number of ether oxygens (including phenoxy) is 1. The fraction of sp³-hybridized carbons (Fsp3) is 0.533. The van der Waals surface area contributed by atoms with Gasteiger partial charge < -0.3 is 14.7 Å². The number of aliphatic hydroxyl groups is 1. The molecule has 1 aromatic rings. The lowest BCUT2D eigenvalue weighted by Gasteiger charge is -2.35. The molecule has 0 radical (unpaired) electrons. The Hall–Kier alpha value is -0.910. The number of carbonyl (C=O) groups is 1. The normalized spacial score (nSPS) is 20.8. The van der Waals surface area contributed by atoms with Gasteiger partial charge in [0, 0.05) is 17.4 Å². The molecule has 2 unspecified atom stereocenters. The van der Waals surface area contributed by atoms with E-state index in [4.69, 9.17) is 4.74 Å². The fourth-order valence-electron chi connectivity index (χ4n) is 2.42. The van der Waals surface area contributed by atoms with E-state index < -0.39 is 0 Å². The quantitative estimate of drug-likeness (QED) is 0.912. The number of nitrogens with zero attached hydrogens (tertiary/aromatic N) is 1. The number of morpholine rings is 1. The van der Waals surface area contributed by atoms with Crippen molar-refractivity contribution in [3.63, 3.8) is 0 Å². The van der Waals surface area contributed by atoms with E-state index in [9.17, 15) is 9.90 Å². The van der Waals surface area contributed by atoms with Crippen molar-refractivity contribution in [3.05, 3.63) is 34.3 Å². The van der Waals surface area contributed by atoms with Crippen LogP contribution in [0.2, 0.25) is 0 Å². The summed E-state index contributed by atoms with van der Waals surface area (Å²) in [6.07, 6.45) is 0.456. The monoisotopic (exact) mass is 341 g/mol. The molecule has 1 fully saturated rings. The van der Waals surface area contributed by atoms with Crippen LogP contribution in [0.15, 0.2) is 28.7 Å². The molecule has 1 saturated heterocycles. The number of halogens is 1. The summed E-state index contributed by atoms with van der Waals surface area (Å²) in [4.78, 5) is 14.1. The number of rotatable bonds is 4. The highest BCUT2D eigenvalue weighted by Gasteiger charge is 2.27. The van der Waals surface area contributed by atoms with E-state index >= 15 is 0 Å². The zero-order valence-corrected chi connectivity index (χ0v) is 13.2. The summed E-state index contributed by atoms with van der Waals surface area (Å²) >= 11 is 3.41. The van der Waals surface area contributed by atoms with E-state index in [0.29, 0.717) is 26.2 Å². The molecule has 5 heteroatoms. The van der Waals surface area contributed by atoms with Gasteiger partial charge in [0.1, 0.15) is 0 Å². The molecule has 110 valence electrons. The number of aliphatic hydroxyl groups excluding tert-OH is 1. The molecule has 1 amide bonds. The minimum absolute atomic E-state index is 0.0432. The molecule has 1 aliphatic heterocycles. The molecular weight excluding hydrogens is 322 g/mol. The molecule has 0 aliphatic carbocycles. The van der Waals surface area contributed by atoms with Gasteiger partial charge in [-0.3, -0.25) is 4.79 Å². The van der Waals surface area contributed by atoms with Gasteiger partial charge in [-0.2, -0.15) is 0 Å². The standard InChI is InChI=1S/C15H20BrNO3/c1-11(12-2-4-13(16)5-3-12)8-15(19)17-6-7-20-10-14(17)9-18/h2-5,11,14,18H,6-10H2,1H3. The van der Waals surface area contributed by atoms with Crippen molar-refractivity contribution in [2.45, 2.75) is 25.3 Å². The number of hydrogen-bond acceptors (Lipinski definition) is 3. The lowest BCUT2D eigenvalue weighted by atomic mass is 9.97. The Morgan fingerprint density at radius 3 is 2.85 bits per heavy atom. The first-order valence-electron chi connectivity index (χ1n) is 6.85. The fourth-order valence-corrected chi connectivity index (χ4v) is 2.69. The third-order valence-electron chi connectivity index (χ3n) is 3.68. The van der Waals surface area contributed by atoms with Gasteiger partial charge in [0.15, 0.2) is 0 Å². The number of benzene rings is 1. The second kappa shape index (κ2) is 7.20. The van der Waals surface area contributed by atoms with Crippen molar-refractivity contribution in [1.29, 1.82) is 0 Å². The third-order valence-corrected chi connectivity index (χ3v) is 4.21. The molecular formula is C15H20BrNO3. The Kier molecular flexibility index (Phi) is 5.57. The predicted octanol–water partition coefficient (Wildman–Crippen LogP) is 2.16. The minimum atomic E-state index is -0.201. The van der Waals surface area contributed by atoms with Crippen LogP contribution in [-0.4, -0.2) is 48.3 Å². The zero-order valence-electron chi connectivity index (χ0n) is 11.6. The first-order valence-corrected chi connectivity index (χ1v) is 7.64. The van der Waals surface area contributed by atoms with E-state index in [0.717, 1.165) is 10.0 Å². The first-order chi connectivity index (χ1) is 9.61. The molecule has 4 nitrogen and oxygen atoms in total. The summed E-state index contributed by atoms with van der Waals surface area (Å²) in [6, 6.07) is 7.84. The van der Waals surface area contributed by atoms with Crippen molar-refractivity contribution in [3.8, 4) is 0 Å². The second-order valence-corrected chi connectivity index (χ2v) is 6.07. The van der Waals surface area contributed by atoms with Gasteiger partial charge in [0.05, 0.1) is 25.9 Å². The molecule has 1 N–H and O–H groups in total. The van der Waals surface area contributed by atoms with Gasteiger partial charge >= 0.3 is 0 Å². The average molecular weight is 342 g/mol. The summed E-state index contributed by atoms with van der Waals surface area (Å²) in [7, 11) is 0. The lowest BCUT2D eigenvalue weighted by Crippen LogP contribution is -2.50. The highest BCUT2D eigenvalue weighted by Crippen LogP contribution is 2.23. The minimum Gasteiger partial charge on any atom is -0.394 e. The maximum absolute atomic E-state index is 12.4. The van der Waals surface area contributed by atoms with Gasteiger partial charge in [-0.25, -0.2) is 0 Å². The predicted molar refractivity (Wildman–Crippen MR) is 80.6 cm³/mol. The van der Waals surface area contributed by atoms with Gasteiger partial charge in [-0.15, -0.1) is 0 Å². The molecule has 20 heavy (non-hydrogen) atoms.